The van der Waals surface area contributed by atoms with Crippen molar-refractivity contribution in [2.45, 2.75) is 19.4 Å². The van der Waals surface area contributed by atoms with Gasteiger partial charge in [0.2, 0.25) is 0 Å². The van der Waals surface area contributed by atoms with Gasteiger partial charge < -0.3 is 19.9 Å². The summed E-state index contributed by atoms with van der Waals surface area (Å²) >= 11 is 0. The van der Waals surface area contributed by atoms with Crippen molar-refractivity contribution in [3.8, 4) is 11.5 Å². The van der Waals surface area contributed by atoms with Crippen molar-refractivity contribution >= 4 is 11.9 Å². The van der Waals surface area contributed by atoms with E-state index in [2.05, 4.69) is 5.32 Å². The van der Waals surface area contributed by atoms with E-state index in [1.807, 2.05) is 0 Å². The van der Waals surface area contributed by atoms with Crippen LogP contribution in [0.3, 0.4) is 0 Å². The summed E-state index contributed by atoms with van der Waals surface area (Å²) in [7, 11) is 1.46. The first-order valence-corrected chi connectivity index (χ1v) is 8.01. The first kappa shape index (κ1) is 19.2. The Labute approximate surface area is 150 Å². The standard InChI is InChI=1S/C19H20FNO5/c1-12(26-16-5-3-4-15(20)11-16)18(22)21-9-8-13-6-7-14(19(23)24)10-17(13)25-2/h3-7,10-12H,8-9H2,1-2H3,(H,21,22)(H,23,24). The normalized spacial score (nSPS) is 11.5. The molecule has 0 aliphatic heterocycles. The third kappa shape index (κ3) is 5.20. The van der Waals surface area contributed by atoms with E-state index in [9.17, 15) is 14.0 Å². The number of ether oxygens (including phenoxy) is 2. The Hall–Kier alpha value is -3.09. The summed E-state index contributed by atoms with van der Waals surface area (Å²) in [5, 5.41) is 11.7. The highest BCUT2D eigenvalue weighted by molar-refractivity contribution is 5.88. The molecule has 0 radical (unpaired) electrons. The minimum Gasteiger partial charge on any atom is -0.496 e. The number of amides is 1. The number of carboxylic acid groups (broad SMARTS) is 1. The number of carbonyl (C=O) groups is 2. The molecule has 138 valence electrons. The Balaban J connectivity index is 1.88. The molecule has 2 rings (SSSR count). The van der Waals surface area contributed by atoms with Gasteiger partial charge in [-0.2, -0.15) is 0 Å². The fourth-order valence-electron chi connectivity index (χ4n) is 2.35. The average molecular weight is 361 g/mol. The largest absolute Gasteiger partial charge is 0.496 e. The van der Waals surface area contributed by atoms with Gasteiger partial charge in [-0.25, -0.2) is 9.18 Å². The molecule has 0 aliphatic rings. The van der Waals surface area contributed by atoms with E-state index >= 15 is 0 Å². The van der Waals surface area contributed by atoms with Crippen LogP contribution in [0.4, 0.5) is 4.39 Å². The number of hydrogen-bond donors (Lipinski definition) is 2. The number of benzene rings is 2. The molecular formula is C19H20FNO5. The molecular weight excluding hydrogens is 341 g/mol. The zero-order valence-electron chi connectivity index (χ0n) is 14.5. The summed E-state index contributed by atoms with van der Waals surface area (Å²) in [5.41, 5.74) is 0.906. The molecule has 1 unspecified atom stereocenters. The van der Waals surface area contributed by atoms with Gasteiger partial charge in [-0.3, -0.25) is 4.79 Å². The van der Waals surface area contributed by atoms with Gasteiger partial charge in [0.25, 0.3) is 5.91 Å². The number of halogens is 1. The maximum Gasteiger partial charge on any atom is 0.335 e. The van der Waals surface area contributed by atoms with Crippen molar-refractivity contribution in [3.63, 3.8) is 0 Å². The smallest absolute Gasteiger partial charge is 0.335 e. The van der Waals surface area contributed by atoms with Crippen LogP contribution in [0, 0.1) is 5.82 Å². The van der Waals surface area contributed by atoms with E-state index in [0.717, 1.165) is 5.56 Å². The molecule has 1 amide bonds. The molecule has 0 bridgehead atoms. The van der Waals surface area contributed by atoms with Crippen LogP contribution in [0.2, 0.25) is 0 Å². The number of carbonyl (C=O) groups excluding carboxylic acids is 1. The molecule has 7 heteroatoms. The lowest BCUT2D eigenvalue weighted by molar-refractivity contribution is -0.127. The summed E-state index contributed by atoms with van der Waals surface area (Å²) in [6.07, 6.45) is -0.324. The van der Waals surface area contributed by atoms with Crippen LogP contribution in [-0.2, 0) is 11.2 Å². The van der Waals surface area contributed by atoms with Gasteiger partial charge in [0.15, 0.2) is 6.10 Å². The van der Waals surface area contributed by atoms with Gasteiger partial charge in [0, 0.05) is 12.6 Å². The zero-order valence-corrected chi connectivity index (χ0v) is 14.5. The van der Waals surface area contributed by atoms with Gasteiger partial charge in [-0.15, -0.1) is 0 Å². The molecule has 26 heavy (non-hydrogen) atoms. The number of hydrogen-bond acceptors (Lipinski definition) is 4. The van der Waals surface area contributed by atoms with E-state index < -0.39 is 17.9 Å². The minimum atomic E-state index is -1.04. The van der Waals surface area contributed by atoms with Crippen molar-refractivity contribution in [1.82, 2.24) is 5.32 Å². The minimum absolute atomic E-state index is 0.131. The Kier molecular flexibility index (Phi) is 6.54. The van der Waals surface area contributed by atoms with Gasteiger partial charge in [0.05, 0.1) is 12.7 Å². The van der Waals surface area contributed by atoms with Crippen molar-refractivity contribution in [1.29, 1.82) is 0 Å². The number of carboxylic acids is 1. The van der Waals surface area contributed by atoms with Crippen LogP contribution in [0.5, 0.6) is 11.5 Å². The molecule has 0 fully saturated rings. The summed E-state index contributed by atoms with van der Waals surface area (Å²) in [5.74, 6) is -1.09. The van der Waals surface area contributed by atoms with Gasteiger partial charge in [-0.1, -0.05) is 12.1 Å². The summed E-state index contributed by atoms with van der Waals surface area (Å²) < 4.78 is 23.7. The van der Waals surface area contributed by atoms with Gasteiger partial charge >= 0.3 is 5.97 Å². The van der Waals surface area contributed by atoms with Crippen LogP contribution < -0.4 is 14.8 Å². The van der Waals surface area contributed by atoms with Gasteiger partial charge in [-0.05, 0) is 43.2 Å². The fraction of sp³-hybridized carbons (Fsp3) is 0.263. The molecule has 0 aromatic heterocycles. The van der Waals surface area contributed by atoms with Crippen molar-refractivity contribution in [2.75, 3.05) is 13.7 Å². The van der Waals surface area contributed by atoms with Crippen LogP contribution in [0.1, 0.15) is 22.8 Å². The molecule has 0 spiro atoms. The second-order valence-corrected chi connectivity index (χ2v) is 5.59. The Morgan fingerprint density at radius 2 is 2.00 bits per heavy atom. The quantitative estimate of drug-likeness (QED) is 0.755. The molecule has 6 nitrogen and oxygen atoms in total. The molecule has 0 saturated carbocycles. The molecule has 1 atom stereocenters. The molecule has 0 heterocycles. The zero-order chi connectivity index (χ0) is 19.1. The van der Waals surface area contributed by atoms with Crippen LogP contribution in [0.15, 0.2) is 42.5 Å². The van der Waals surface area contributed by atoms with E-state index in [1.54, 1.807) is 19.1 Å². The molecule has 0 saturated heterocycles. The SMILES string of the molecule is COc1cc(C(=O)O)ccc1CCNC(=O)C(C)Oc1cccc(F)c1. The van der Waals surface area contributed by atoms with Crippen LogP contribution >= 0.6 is 0 Å². The van der Waals surface area contributed by atoms with Crippen LogP contribution in [-0.4, -0.2) is 36.7 Å². The lowest BCUT2D eigenvalue weighted by Crippen LogP contribution is -2.37. The topological polar surface area (TPSA) is 84.9 Å². The summed E-state index contributed by atoms with van der Waals surface area (Å²) in [4.78, 5) is 23.1. The number of nitrogens with one attached hydrogen (secondary N) is 1. The Morgan fingerprint density at radius 3 is 2.65 bits per heavy atom. The summed E-state index contributed by atoms with van der Waals surface area (Å²) in [6, 6.07) is 10.2. The summed E-state index contributed by atoms with van der Waals surface area (Å²) in [6.45, 7) is 1.89. The number of aromatic carboxylic acids is 1. The number of rotatable bonds is 8. The highest BCUT2D eigenvalue weighted by Crippen LogP contribution is 2.20. The van der Waals surface area contributed by atoms with E-state index in [0.29, 0.717) is 18.7 Å². The monoisotopic (exact) mass is 361 g/mol. The second-order valence-electron chi connectivity index (χ2n) is 5.59. The van der Waals surface area contributed by atoms with E-state index in [-0.39, 0.29) is 17.2 Å². The highest BCUT2D eigenvalue weighted by Gasteiger charge is 2.15. The molecule has 2 aromatic rings. The highest BCUT2D eigenvalue weighted by atomic mass is 19.1. The molecule has 2 aromatic carbocycles. The Bertz CT molecular complexity index is 793. The maximum absolute atomic E-state index is 13.1. The van der Waals surface area contributed by atoms with Crippen molar-refractivity contribution in [3.05, 3.63) is 59.4 Å². The van der Waals surface area contributed by atoms with E-state index in [4.69, 9.17) is 14.6 Å². The lowest BCUT2D eigenvalue weighted by atomic mass is 10.1. The molecule has 2 N–H and O–H groups in total. The van der Waals surface area contributed by atoms with Crippen molar-refractivity contribution < 1.29 is 28.6 Å². The Morgan fingerprint density at radius 1 is 1.23 bits per heavy atom. The average Bonchev–Trinajstić information content (AvgIpc) is 2.61. The van der Waals surface area contributed by atoms with Crippen molar-refractivity contribution in [2.24, 2.45) is 0 Å². The predicted octanol–water partition coefficient (Wildman–Crippen LogP) is 2.66. The number of methoxy groups -OCH3 is 1. The van der Waals surface area contributed by atoms with Crippen LogP contribution in [0.25, 0.3) is 0 Å². The first-order valence-electron chi connectivity index (χ1n) is 8.01. The lowest BCUT2D eigenvalue weighted by Gasteiger charge is -2.15. The predicted molar refractivity (Wildman–Crippen MR) is 93.2 cm³/mol. The molecule has 0 aliphatic carbocycles. The third-order valence-corrected chi connectivity index (χ3v) is 3.71. The fourth-order valence-corrected chi connectivity index (χ4v) is 2.35. The maximum atomic E-state index is 13.1. The second kappa shape index (κ2) is 8.84. The first-order chi connectivity index (χ1) is 12.4. The van der Waals surface area contributed by atoms with Gasteiger partial charge in [0.1, 0.15) is 17.3 Å². The van der Waals surface area contributed by atoms with E-state index in [1.165, 1.54) is 37.4 Å². The third-order valence-electron chi connectivity index (χ3n) is 3.71.